The molecule has 3 rings (SSSR count). The summed E-state index contributed by atoms with van der Waals surface area (Å²) in [6, 6.07) is 11.6. The first-order valence-electron chi connectivity index (χ1n) is 9.50. The standard InChI is InChI=1S/C21H22Cl2N4O3/c22-16-6-5-14(11-17(16)23)25-19(28)12-27-9-7-13(8-10-27)21(30)26-18-4-2-1-3-15(18)20(24)29/h1-6,11,13H,7-10,12H2,(H2,24,29)(H,25,28)(H,26,30). The normalized spacial score (nSPS) is 14.9. The molecule has 1 aliphatic rings. The van der Waals surface area contributed by atoms with Crippen molar-refractivity contribution in [2.45, 2.75) is 12.8 Å². The highest BCUT2D eigenvalue weighted by Crippen LogP contribution is 2.25. The predicted octanol–water partition coefficient (Wildman–Crippen LogP) is 3.38. The van der Waals surface area contributed by atoms with Crippen molar-refractivity contribution in [1.82, 2.24) is 4.90 Å². The Morgan fingerprint density at radius 3 is 2.37 bits per heavy atom. The van der Waals surface area contributed by atoms with Crippen molar-refractivity contribution in [2.75, 3.05) is 30.3 Å². The highest BCUT2D eigenvalue weighted by atomic mass is 35.5. The maximum atomic E-state index is 12.6. The van der Waals surface area contributed by atoms with E-state index < -0.39 is 5.91 Å². The third-order valence-corrected chi connectivity index (χ3v) is 5.72. The molecular formula is C21H22Cl2N4O3. The lowest BCUT2D eigenvalue weighted by molar-refractivity contribution is -0.121. The lowest BCUT2D eigenvalue weighted by Gasteiger charge is -2.30. The van der Waals surface area contributed by atoms with Crippen LogP contribution in [0.15, 0.2) is 42.5 Å². The number of carbonyl (C=O) groups is 3. The molecule has 0 aliphatic carbocycles. The van der Waals surface area contributed by atoms with Gasteiger partial charge >= 0.3 is 0 Å². The maximum absolute atomic E-state index is 12.6. The monoisotopic (exact) mass is 448 g/mol. The molecule has 1 fully saturated rings. The number of amides is 3. The van der Waals surface area contributed by atoms with Crippen molar-refractivity contribution in [3.05, 3.63) is 58.1 Å². The van der Waals surface area contributed by atoms with Crippen LogP contribution in [0, 0.1) is 5.92 Å². The minimum absolute atomic E-state index is 0.149. The van der Waals surface area contributed by atoms with Crippen LogP contribution in [-0.4, -0.2) is 42.3 Å². The van der Waals surface area contributed by atoms with Gasteiger partial charge in [-0.1, -0.05) is 35.3 Å². The first-order chi connectivity index (χ1) is 14.3. The molecule has 1 aliphatic heterocycles. The van der Waals surface area contributed by atoms with Crippen molar-refractivity contribution < 1.29 is 14.4 Å². The zero-order valence-electron chi connectivity index (χ0n) is 16.2. The number of anilines is 2. The van der Waals surface area contributed by atoms with E-state index in [1.807, 2.05) is 4.90 Å². The van der Waals surface area contributed by atoms with Gasteiger partial charge in [-0.3, -0.25) is 19.3 Å². The number of nitrogens with one attached hydrogen (secondary N) is 2. The zero-order chi connectivity index (χ0) is 21.7. The molecule has 0 unspecified atom stereocenters. The van der Waals surface area contributed by atoms with Gasteiger partial charge < -0.3 is 16.4 Å². The van der Waals surface area contributed by atoms with Crippen LogP contribution >= 0.6 is 23.2 Å². The molecule has 0 spiro atoms. The van der Waals surface area contributed by atoms with E-state index in [9.17, 15) is 14.4 Å². The molecular weight excluding hydrogens is 427 g/mol. The third kappa shape index (κ3) is 5.72. The molecule has 0 aromatic heterocycles. The molecule has 2 aromatic carbocycles. The molecule has 9 heteroatoms. The van der Waals surface area contributed by atoms with Crippen LogP contribution in [0.5, 0.6) is 0 Å². The number of likely N-dealkylation sites (tertiary alicyclic amines) is 1. The summed E-state index contributed by atoms with van der Waals surface area (Å²) >= 11 is 11.8. The average molecular weight is 449 g/mol. The summed E-state index contributed by atoms with van der Waals surface area (Å²) in [6.45, 7) is 1.45. The maximum Gasteiger partial charge on any atom is 0.250 e. The molecule has 1 heterocycles. The van der Waals surface area contributed by atoms with Crippen LogP contribution in [0.3, 0.4) is 0 Å². The Kier molecular flexibility index (Phi) is 7.31. The highest BCUT2D eigenvalue weighted by Gasteiger charge is 2.26. The molecule has 158 valence electrons. The van der Waals surface area contributed by atoms with Crippen LogP contribution in [-0.2, 0) is 9.59 Å². The van der Waals surface area contributed by atoms with Gasteiger partial charge in [0.1, 0.15) is 0 Å². The summed E-state index contributed by atoms with van der Waals surface area (Å²) in [6.07, 6.45) is 1.23. The van der Waals surface area contributed by atoms with Crippen LogP contribution < -0.4 is 16.4 Å². The first kappa shape index (κ1) is 22.1. The van der Waals surface area contributed by atoms with Crippen LogP contribution in [0.25, 0.3) is 0 Å². The minimum atomic E-state index is -0.589. The molecule has 0 atom stereocenters. The van der Waals surface area contributed by atoms with Crippen molar-refractivity contribution in [3.63, 3.8) is 0 Å². The zero-order valence-corrected chi connectivity index (χ0v) is 17.7. The van der Waals surface area contributed by atoms with E-state index in [0.717, 1.165) is 0 Å². The molecule has 3 amide bonds. The SMILES string of the molecule is NC(=O)c1ccccc1NC(=O)C1CCN(CC(=O)Nc2ccc(Cl)c(Cl)c2)CC1. The molecule has 7 nitrogen and oxygen atoms in total. The number of nitrogens with two attached hydrogens (primary N) is 1. The number of rotatable bonds is 6. The molecule has 1 saturated heterocycles. The summed E-state index contributed by atoms with van der Waals surface area (Å²) < 4.78 is 0. The number of carbonyl (C=O) groups excluding carboxylic acids is 3. The smallest absolute Gasteiger partial charge is 0.250 e. The van der Waals surface area contributed by atoms with Crippen LogP contribution in [0.2, 0.25) is 10.0 Å². The predicted molar refractivity (Wildman–Crippen MR) is 118 cm³/mol. The molecule has 30 heavy (non-hydrogen) atoms. The summed E-state index contributed by atoms with van der Waals surface area (Å²) in [5, 5.41) is 6.39. The number of piperidine rings is 1. The number of nitrogens with zero attached hydrogens (tertiary/aromatic N) is 1. The number of primary amides is 1. The van der Waals surface area contributed by atoms with Crippen molar-refractivity contribution in [3.8, 4) is 0 Å². The van der Waals surface area contributed by atoms with E-state index in [2.05, 4.69) is 10.6 Å². The molecule has 0 radical (unpaired) electrons. The fourth-order valence-corrected chi connectivity index (χ4v) is 3.67. The Labute approximate surface area is 184 Å². The lowest BCUT2D eigenvalue weighted by Crippen LogP contribution is -2.41. The summed E-state index contributed by atoms with van der Waals surface area (Å²) in [5.41, 5.74) is 6.63. The Morgan fingerprint density at radius 2 is 1.70 bits per heavy atom. The second-order valence-electron chi connectivity index (χ2n) is 7.13. The van der Waals surface area contributed by atoms with E-state index in [-0.39, 0.29) is 29.8 Å². The van der Waals surface area contributed by atoms with Crippen molar-refractivity contribution >= 4 is 52.3 Å². The number of benzene rings is 2. The minimum Gasteiger partial charge on any atom is -0.366 e. The quantitative estimate of drug-likeness (QED) is 0.629. The highest BCUT2D eigenvalue weighted by molar-refractivity contribution is 6.42. The van der Waals surface area contributed by atoms with Gasteiger partial charge in [-0.15, -0.1) is 0 Å². The molecule has 0 bridgehead atoms. The lowest BCUT2D eigenvalue weighted by atomic mass is 9.95. The Bertz CT molecular complexity index is 959. The van der Waals surface area contributed by atoms with Gasteiger partial charge in [0.15, 0.2) is 0 Å². The summed E-state index contributed by atoms with van der Waals surface area (Å²) in [7, 11) is 0. The first-order valence-corrected chi connectivity index (χ1v) is 10.3. The molecule has 0 saturated carbocycles. The van der Waals surface area contributed by atoms with Gasteiger partial charge in [-0.2, -0.15) is 0 Å². The van der Waals surface area contributed by atoms with Gasteiger partial charge in [-0.05, 0) is 56.3 Å². The van der Waals surface area contributed by atoms with Gasteiger partial charge in [0, 0.05) is 11.6 Å². The summed E-state index contributed by atoms with van der Waals surface area (Å²) in [5.74, 6) is -1.09. The second-order valence-corrected chi connectivity index (χ2v) is 7.94. The van der Waals surface area contributed by atoms with Gasteiger partial charge in [0.05, 0.1) is 27.8 Å². The molecule has 2 aromatic rings. The largest absolute Gasteiger partial charge is 0.366 e. The van der Waals surface area contributed by atoms with E-state index in [1.165, 1.54) is 0 Å². The van der Waals surface area contributed by atoms with Crippen molar-refractivity contribution in [2.24, 2.45) is 11.7 Å². The fraction of sp³-hybridized carbons (Fsp3) is 0.286. The second kappa shape index (κ2) is 9.93. The van der Waals surface area contributed by atoms with Gasteiger partial charge in [-0.25, -0.2) is 0 Å². The third-order valence-electron chi connectivity index (χ3n) is 4.98. The average Bonchev–Trinajstić information content (AvgIpc) is 2.71. The van der Waals surface area contributed by atoms with E-state index in [1.54, 1.807) is 42.5 Å². The Hall–Kier alpha value is -2.61. The fourth-order valence-electron chi connectivity index (χ4n) is 3.37. The van der Waals surface area contributed by atoms with Gasteiger partial charge in [0.2, 0.25) is 11.8 Å². The Morgan fingerprint density at radius 1 is 1.00 bits per heavy atom. The van der Waals surface area contributed by atoms with Crippen LogP contribution in [0.4, 0.5) is 11.4 Å². The Balaban J connectivity index is 1.48. The number of hydrogen-bond acceptors (Lipinski definition) is 4. The number of para-hydroxylation sites is 1. The van der Waals surface area contributed by atoms with E-state index in [0.29, 0.717) is 47.4 Å². The molecule has 4 N–H and O–H groups in total. The number of halogens is 2. The van der Waals surface area contributed by atoms with Gasteiger partial charge in [0.25, 0.3) is 5.91 Å². The topological polar surface area (TPSA) is 105 Å². The summed E-state index contributed by atoms with van der Waals surface area (Å²) in [4.78, 5) is 38.4. The van der Waals surface area contributed by atoms with Crippen LogP contribution in [0.1, 0.15) is 23.2 Å². The van der Waals surface area contributed by atoms with Crippen molar-refractivity contribution in [1.29, 1.82) is 0 Å². The van der Waals surface area contributed by atoms with E-state index in [4.69, 9.17) is 28.9 Å². The van der Waals surface area contributed by atoms with E-state index >= 15 is 0 Å². The number of hydrogen-bond donors (Lipinski definition) is 3.